The van der Waals surface area contributed by atoms with E-state index in [4.69, 9.17) is 20.0 Å². The molecule has 3 aliphatic rings. The number of aliphatic hydroxyl groups is 1. The third-order valence-corrected chi connectivity index (χ3v) is 7.18. The summed E-state index contributed by atoms with van der Waals surface area (Å²) in [6.45, 7) is 2.21. The van der Waals surface area contributed by atoms with Crippen LogP contribution in [0.2, 0.25) is 0 Å². The summed E-state index contributed by atoms with van der Waals surface area (Å²) in [7, 11) is 0. The number of phenolic OH excluding ortho intramolecular Hbond substituents is 1. The molecule has 2 fully saturated rings. The minimum Gasteiger partial charge on any atom is -0.502 e. The van der Waals surface area contributed by atoms with Crippen LogP contribution in [0, 0.1) is 40.3 Å². The number of hydrogen-bond acceptors (Lipinski definition) is 6. The molecule has 0 aromatic heterocycles. The highest BCUT2D eigenvalue weighted by Gasteiger charge is 2.54. The molecule has 136 valence electrons. The number of rotatable bonds is 2. The summed E-state index contributed by atoms with van der Waals surface area (Å²) < 4.78 is 9.97. The first-order valence-electron chi connectivity index (χ1n) is 9.20. The van der Waals surface area contributed by atoms with Crippen molar-refractivity contribution in [2.45, 2.75) is 57.5 Å². The zero-order chi connectivity index (χ0) is 18.5. The zero-order valence-electron chi connectivity index (χ0n) is 14.7. The second-order valence-electron chi connectivity index (χ2n) is 8.06. The first kappa shape index (κ1) is 17.0. The number of aliphatic hydroxyl groups excluding tert-OH is 1. The first-order valence-corrected chi connectivity index (χ1v) is 9.20. The normalized spacial score (nSPS) is 34.6. The molecule has 0 amide bonds. The number of benzene rings is 1. The molecule has 0 spiro atoms. The van der Waals surface area contributed by atoms with E-state index in [1.807, 2.05) is 0 Å². The monoisotopic (exact) mass is 354 g/mol. The zero-order valence-corrected chi connectivity index (χ0v) is 14.7. The lowest BCUT2D eigenvalue weighted by atomic mass is 9.55. The van der Waals surface area contributed by atoms with E-state index < -0.39 is 0 Å². The van der Waals surface area contributed by atoms with E-state index in [2.05, 4.69) is 6.92 Å². The maximum absolute atomic E-state index is 10.5. The Morgan fingerprint density at radius 2 is 1.92 bits per heavy atom. The molecule has 6 nitrogen and oxygen atoms in total. The molecule has 0 saturated heterocycles. The molecule has 1 aromatic carbocycles. The van der Waals surface area contributed by atoms with Crippen molar-refractivity contribution >= 4 is 0 Å². The van der Waals surface area contributed by atoms with Gasteiger partial charge in [-0.1, -0.05) is 6.92 Å². The van der Waals surface area contributed by atoms with Crippen molar-refractivity contribution in [3.05, 3.63) is 17.2 Å². The van der Waals surface area contributed by atoms with Crippen molar-refractivity contribution < 1.29 is 19.7 Å². The maximum atomic E-state index is 10.5. The van der Waals surface area contributed by atoms with Crippen LogP contribution in [-0.2, 0) is 6.42 Å². The summed E-state index contributed by atoms with van der Waals surface area (Å²) in [6, 6.07) is 1.74. The Morgan fingerprint density at radius 3 is 2.65 bits per heavy atom. The molecule has 6 heteroatoms. The predicted molar refractivity (Wildman–Crippen MR) is 91.2 cm³/mol. The van der Waals surface area contributed by atoms with E-state index in [0.717, 1.165) is 43.2 Å². The average Bonchev–Trinajstić information content (AvgIpc) is 2.94. The smallest absolute Gasteiger partial charge is 0.292 e. The lowest BCUT2D eigenvalue weighted by Gasteiger charge is -2.50. The van der Waals surface area contributed by atoms with Crippen LogP contribution in [0.15, 0.2) is 6.07 Å². The molecule has 26 heavy (non-hydrogen) atoms. The topological polar surface area (TPSA) is 107 Å². The van der Waals surface area contributed by atoms with Crippen molar-refractivity contribution in [3.8, 4) is 29.8 Å². The van der Waals surface area contributed by atoms with E-state index in [1.54, 1.807) is 18.6 Å². The van der Waals surface area contributed by atoms with Crippen LogP contribution in [-0.4, -0.2) is 16.3 Å². The Morgan fingerprint density at radius 1 is 1.15 bits per heavy atom. The summed E-state index contributed by atoms with van der Waals surface area (Å²) in [5, 5.41) is 38.7. The third kappa shape index (κ3) is 2.26. The number of phenols is 1. The summed E-state index contributed by atoms with van der Waals surface area (Å²) in [4.78, 5) is 0. The summed E-state index contributed by atoms with van der Waals surface area (Å²) >= 11 is 0. The molecule has 0 radical (unpaired) electrons. The van der Waals surface area contributed by atoms with E-state index in [-0.39, 0.29) is 34.7 Å². The number of nitrogens with zero attached hydrogens (tertiary/aromatic N) is 2. The molecule has 0 aliphatic heterocycles. The summed E-state index contributed by atoms with van der Waals surface area (Å²) in [5.41, 5.74) is 1.84. The molecule has 0 unspecified atom stereocenters. The highest BCUT2D eigenvalue weighted by molar-refractivity contribution is 5.60. The Bertz CT molecular complexity index is 825. The van der Waals surface area contributed by atoms with Gasteiger partial charge in [-0.15, -0.1) is 10.5 Å². The Hall–Kier alpha value is -2.44. The van der Waals surface area contributed by atoms with Crippen molar-refractivity contribution in [2.75, 3.05) is 0 Å². The third-order valence-electron chi connectivity index (χ3n) is 7.18. The molecule has 3 aliphatic carbocycles. The quantitative estimate of drug-likeness (QED) is 0.789. The molecule has 5 atom stereocenters. The Labute approximate surface area is 152 Å². The summed E-state index contributed by atoms with van der Waals surface area (Å²) in [5.74, 6) is 1.06. The molecular formula is C20H22N2O4. The number of hydrogen-bond donors (Lipinski definition) is 2. The number of nitriles is 2. The largest absolute Gasteiger partial charge is 0.502 e. The van der Waals surface area contributed by atoms with E-state index in [1.165, 1.54) is 0 Å². The fraction of sp³-hybridized carbons (Fsp3) is 0.600. The van der Waals surface area contributed by atoms with Crippen molar-refractivity contribution in [1.82, 2.24) is 0 Å². The Balaban J connectivity index is 1.79. The van der Waals surface area contributed by atoms with Crippen LogP contribution < -0.4 is 9.47 Å². The maximum Gasteiger partial charge on any atom is 0.292 e. The van der Waals surface area contributed by atoms with Crippen LogP contribution in [0.5, 0.6) is 17.2 Å². The number of aromatic hydroxyl groups is 1. The van der Waals surface area contributed by atoms with Gasteiger partial charge in [0.2, 0.25) is 5.75 Å². The van der Waals surface area contributed by atoms with Gasteiger partial charge in [0.1, 0.15) is 0 Å². The van der Waals surface area contributed by atoms with Crippen LogP contribution in [0.1, 0.15) is 56.1 Å². The molecule has 2 N–H and O–H groups in total. The second-order valence-corrected chi connectivity index (χ2v) is 8.06. The first-order chi connectivity index (χ1) is 12.5. The van der Waals surface area contributed by atoms with Gasteiger partial charge in [0.05, 0.1) is 6.10 Å². The van der Waals surface area contributed by atoms with Gasteiger partial charge in [-0.25, -0.2) is 0 Å². The van der Waals surface area contributed by atoms with Gasteiger partial charge in [-0.05, 0) is 73.3 Å². The molecule has 1 aromatic rings. The SMILES string of the molecule is C[C@]12CC[C@@H]3c4cc(OC#N)c(O)c(OC#N)c4CC[C@H]3[C@@H]1CC[C@@H]2O. The van der Waals surface area contributed by atoms with Crippen molar-refractivity contribution in [1.29, 1.82) is 10.5 Å². The van der Waals surface area contributed by atoms with Crippen LogP contribution in [0.4, 0.5) is 0 Å². The van der Waals surface area contributed by atoms with E-state index >= 15 is 0 Å². The fourth-order valence-electron chi connectivity index (χ4n) is 5.91. The van der Waals surface area contributed by atoms with Crippen molar-refractivity contribution in [3.63, 3.8) is 0 Å². The number of fused-ring (bicyclic) bond motifs is 5. The average molecular weight is 354 g/mol. The van der Waals surface area contributed by atoms with Gasteiger partial charge in [0.15, 0.2) is 11.5 Å². The number of ether oxygens (including phenoxy) is 2. The standard InChI is InChI=1S/C20H22N2O4/c1-20-7-6-11-12(15(20)4-5-17(20)23)2-3-13-14(11)8-16(25-9-21)18(24)19(13)26-10-22/h8,11-12,15,17,23-24H,2-7H2,1H3/t11-,12+,15-,17-,20-/m0/s1. The van der Waals surface area contributed by atoms with E-state index in [9.17, 15) is 10.2 Å². The van der Waals surface area contributed by atoms with Crippen molar-refractivity contribution in [2.24, 2.45) is 17.3 Å². The molecular weight excluding hydrogens is 332 g/mol. The second kappa shape index (κ2) is 6.07. The molecule has 0 heterocycles. The fourth-order valence-corrected chi connectivity index (χ4v) is 5.91. The minimum absolute atomic E-state index is 0.0203. The van der Waals surface area contributed by atoms with Crippen LogP contribution >= 0.6 is 0 Å². The molecule has 0 bridgehead atoms. The predicted octanol–water partition coefficient (Wildman–Crippen LogP) is 3.33. The lowest BCUT2D eigenvalue weighted by molar-refractivity contribution is -0.0227. The van der Waals surface area contributed by atoms with Gasteiger partial charge < -0.3 is 19.7 Å². The van der Waals surface area contributed by atoms with Gasteiger partial charge in [-0.3, -0.25) is 0 Å². The van der Waals surface area contributed by atoms with Gasteiger partial charge in [0.25, 0.3) is 12.5 Å². The van der Waals surface area contributed by atoms with Gasteiger partial charge >= 0.3 is 0 Å². The van der Waals surface area contributed by atoms with Gasteiger partial charge in [0, 0.05) is 5.56 Å². The Kier molecular flexibility index (Phi) is 3.97. The molecule has 4 rings (SSSR count). The lowest BCUT2D eigenvalue weighted by Crippen LogP contribution is -2.44. The summed E-state index contributed by atoms with van der Waals surface area (Å²) in [6.07, 6.45) is 8.43. The molecule has 2 saturated carbocycles. The van der Waals surface area contributed by atoms with Gasteiger partial charge in [-0.2, -0.15) is 0 Å². The van der Waals surface area contributed by atoms with E-state index in [0.29, 0.717) is 18.3 Å². The van der Waals surface area contributed by atoms with Crippen LogP contribution in [0.25, 0.3) is 0 Å². The highest BCUT2D eigenvalue weighted by atomic mass is 16.5. The van der Waals surface area contributed by atoms with Crippen LogP contribution in [0.3, 0.4) is 0 Å². The minimum atomic E-state index is -0.290. The highest BCUT2D eigenvalue weighted by Crippen LogP contribution is 2.62.